The van der Waals surface area contributed by atoms with E-state index in [2.05, 4.69) is 0 Å². The summed E-state index contributed by atoms with van der Waals surface area (Å²) in [6.45, 7) is 4.08. The molecule has 13 heavy (non-hydrogen) atoms. The van der Waals surface area contributed by atoms with Gasteiger partial charge in [0.15, 0.2) is 0 Å². The largest absolute Gasteiger partial charge is 0.396 e. The molecule has 0 heterocycles. The van der Waals surface area contributed by atoms with Crippen LogP contribution in [-0.2, 0) is 6.42 Å². The first-order valence-corrected chi connectivity index (χ1v) is 4.35. The molecule has 0 aliphatic heterocycles. The number of aliphatic hydroxyl groups is 1. The highest BCUT2D eigenvalue weighted by Crippen LogP contribution is 2.16. The van der Waals surface area contributed by atoms with Gasteiger partial charge in [-0.1, -0.05) is 0 Å². The average Bonchev–Trinajstić information content (AvgIpc) is 2.11. The Morgan fingerprint density at radius 1 is 1.31 bits per heavy atom. The summed E-state index contributed by atoms with van der Waals surface area (Å²) in [5.74, 6) is 0. The van der Waals surface area contributed by atoms with Crippen molar-refractivity contribution in [2.45, 2.75) is 20.3 Å². The van der Waals surface area contributed by atoms with Crippen LogP contribution in [0.4, 0.5) is 0 Å². The van der Waals surface area contributed by atoms with Crippen LogP contribution in [0, 0.1) is 13.8 Å². The topological polar surface area (TPSA) is 37.3 Å². The average molecular weight is 178 g/mol. The molecule has 0 unspecified atom stereocenters. The molecule has 0 aliphatic rings. The molecular weight excluding hydrogens is 164 g/mol. The zero-order valence-corrected chi connectivity index (χ0v) is 8.00. The van der Waals surface area contributed by atoms with Gasteiger partial charge in [-0.25, -0.2) is 0 Å². The maximum Gasteiger partial charge on any atom is 0.150 e. The highest BCUT2D eigenvalue weighted by Gasteiger charge is 2.03. The molecular formula is C11H14O2. The van der Waals surface area contributed by atoms with Gasteiger partial charge in [0.1, 0.15) is 6.29 Å². The van der Waals surface area contributed by atoms with E-state index >= 15 is 0 Å². The third-order valence-corrected chi connectivity index (χ3v) is 2.22. The van der Waals surface area contributed by atoms with Crippen molar-refractivity contribution in [1.29, 1.82) is 0 Å². The molecule has 0 bridgehead atoms. The van der Waals surface area contributed by atoms with E-state index in [0.717, 1.165) is 23.0 Å². The summed E-state index contributed by atoms with van der Waals surface area (Å²) < 4.78 is 0. The SMILES string of the molecule is Cc1cc(C=O)cc(C)c1CCO. The first-order chi connectivity index (χ1) is 6.19. The van der Waals surface area contributed by atoms with E-state index in [4.69, 9.17) is 5.11 Å². The lowest BCUT2D eigenvalue weighted by molar-refractivity contribution is 0.112. The summed E-state index contributed by atoms with van der Waals surface area (Å²) >= 11 is 0. The zero-order valence-electron chi connectivity index (χ0n) is 8.00. The molecule has 0 fully saturated rings. The van der Waals surface area contributed by atoms with Gasteiger partial charge in [0.2, 0.25) is 0 Å². The van der Waals surface area contributed by atoms with E-state index in [1.807, 2.05) is 26.0 Å². The van der Waals surface area contributed by atoms with Crippen LogP contribution in [0.5, 0.6) is 0 Å². The number of hydrogen-bond acceptors (Lipinski definition) is 2. The zero-order chi connectivity index (χ0) is 9.84. The Kier molecular flexibility index (Phi) is 3.20. The molecule has 1 rings (SSSR count). The summed E-state index contributed by atoms with van der Waals surface area (Å²) in [4.78, 5) is 10.5. The first kappa shape index (κ1) is 9.93. The minimum atomic E-state index is 0.155. The van der Waals surface area contributed by atoms with Crippen molar-refractivity contribution in [3.05, 3.63) is 34.4 Å². The third kappa shape index (κ3) is 2.16. The van der Waals surface area contributed by atoms with E-state index < -0.39 is 0 Å². The molecule has 1 aromatic rings. The first-order valence-electron chi connectivity index (χ1n) is 4.35. The number of rotatable bonds is 3. The van der Waals surface area contributed by atoms with Crippen LogP contribution in [0.1, 0.15) is 27.0 Å². The number of carbonyl (C=O) groups is 1. The fourth-order valence-corrected chi connectivity index (χ4v) is 1.60. The Balaban J connectivity index is 3.14. The monoisotopic (exact) mass is 178 g/mol. The minimum Gasteiger partial charge on any atom is -0.396 e. The molecule has 0 saturated carbocycles. The van der Waals surface area contributed by atoms with Gasteiger partial charge in [0.25, 0.3) is 0 Å². The standard InChI is InChI=1S/C11H14O2/c1-8-5-10(7-13)6-9(2)11(8)3-4-12/h5-7,12H,3-4H2,1-2H3. The second kappa shape index (κ2) is 4.19. The molecule has 0 spiro atoms. The summed E-state index contributed by atoms with van der Waals surface area (Å²) in [5.41, 5.74) is 4.01. The molecule has 0 amide bonds. The number of benzene rings is 1. The maximum atomic E-state index is 10.5. The fourth-order valence-electron chi connectivity index (χ4n) is 1.60. The van der Waals surface area contributed by atoms with Gasteiger partial charge in [-0.3, -0.25) is 4.79 Å². The van der Waals surface area contributed by atoms with E-state index in [0.29, 0.717) is 12.0 Å². The molecule has 1 N–H and O–H groups in total. The van der Waals surface area contributed by atoms with Gasteiger partial charge in [-0.05, 0) is 49.1 Å². The Hall–Kier alpha value is -1.15. The molecule has 70 valence electrons. The predicted octanol–water partition coefficient (Wildman–Crippen LogP) is 1.65. The Bertz CT molecular complexity index is 293. The van der Waals surface area contributed by atoms with Crippen molar-refractivity contribution < 1.29 is 9.90 Å². The minimum absolute atomic E-state index is 0.155. The van der Waals surface area contributed by atoms with Crippen LogP contribution in [-0.4, -0.2) is 18.0 Å². The van der Waals surface area contributed by atoms with Crippen molar-refractivity contribution >= 4 is 6.29 Å². The van der Waals surface area contributed by atoms with Crippen molar-refractivity contribution in [1.82, 2.24) is 0 Å². The number of aryl methyl sites for hydroxylation is 2. The van der Waals surface area contributed by atoms with Crippen LogP contribution < -0.4 is 0 Å². The molecule has 2 nitrogen and oxygen atoms in total. The fraction of sp³-hybridized carbons (Fsp3) is 0.364. The molecule has 0 radical (unpaired) electrons. The smallest absolute Gasteiger partial charge is 0.150 e. The molecule has 0 saturated heterocycles. The Labute approximate surface area is 78.2 Å². The lowest BCUT2D eigenvalue weighted by Gasteiger charge is -2.08. The van der Waals surface area contributed by atoms with Crippen LogP contribution in [0.15, 0.2) is 12.1 Å². The van der Waals surface area contributed by atoms with Crippen LogP contribution in [0.3, 0.4) is 0 Å². The molecule has 1 aromatic carbocycles. The summed E-state index contributed by atoms with van der Waals surface area (Å²) in [6, 6.07) is 3.70. The molecule has 0 aromatic heterocycles. The lowest BCUT2D eigenvalue weighted by Crippen LogP contribution is -1.99. The lowest BCUT2D eigenvalue weighted by atomic mass is 9.98. The quantitative estimate of drug-likeness (QED) is 0.714. The normalized spacial score (nSPS) is 10.1. The van der Waals surface area contributed by atoms with Crippen LogP contribution in [0.25, 0.3) is 0 Å². The third-order valence-electron chi connectivity index (χ3n) is 2.22. The van der Waals surface area contributed by atoms with Gasteiger partial charge >= 0.3 is 0 Å². The van der Waals surface area contributed by atoms with Gasteiger partial charge in [0.05, 0.1) is 0 Å². The highest BCUT2D eigenvalue weighted by molar-refractivity contribution is 5.76. The molecule has 0 atom stereocenters. The summed E-state index contributed by atoms with van der Waals surface area (Å²) in [5, 5.41) is 8.83. The van der Waals surface area contributed by atoms with E-state index in [1.165, 1.54) is 0 Å². The Morgan fingerprint density at radius 3 is 2.23 bits per heavy atom. The summed E-state index contributed by atoms with van der Waals surface area (Å²) in [7, 11) is 0. The predicted molar refractivity (Wildman–Crippen MR) is 52.1 cm³/mol. The van der Waals surface area contributed by atoms with Crippen LogP contribution in [0.2, 0.25) is 0 Å². The number of aliphatic hydroxyl groups excluding tert-OH is 1. The second-order valence-corrected chi connectivity index (χ2v) is 3.22. The van der Waals surface area contributed by atoms with Gasteiger partial charge < -0.3 is 5.11 Å². The van der Waals surface area contributed by atoms with Crippen LogP contribution >= 0.6 is 0 Å². The summed E-state index contributed by atoms with van der Waals surface area (Å²) in [6.07, 6.45) is 1.51. The van der Waals surface area contributed by atoms with Crippen molar-refractivity contribution in [3.8, 4) is 0 Å². The van der Waals surface area contributed by atoms with Gasteiger partial charge in [0, 0.05) is 12.2 Å². The molecule has 0 aliphatic carbocycles. The van der Waals surface area contributed by atoms with E-state index in [1.54, 1.807) is 0 Å². The van der Waals surface area contributed by atoms with Crippen molar-refractivity contribution in [2.75, 3.05) is 6.61 Å². The van der Waals surface area contributed by atoms with E-state index in [9.17, 15) is 4.79 Å². The van der Waals surface area contributed by atoms with Crippen molar-refractivity contribution in [2.24, 2.45) is 0 Å². The van der Waals surface area contributed by atoms with Gasteiger partial charge in [-0.15, -0.1) is 0 Å². The molecule has 2 heteroatoms. The Morgan fingerprint density at radius 2 is 1.85 bits per heavy atom. The van der Waals surface area contributed by atoms with Gasteiger partial charge in [-0.2, -0.15) is 0 Å². The highest BCUT2D eigenvalue weighted by atomic mass is 16.2. The van der Waals surface area contributed by atoms with Crippen molar-refractivity contribution in [3.63, 3.8) is 0 Å². The number of hydrogen-bond donors (Lipinski definition) is 1. The maximum absolute atomic E-state index is 10.5. The van der Waals surface area contributed by atoms with E-state index in [-0.39, 0.29) is 6.61 Å². The number of carbonyl (C=O) groups excluding carboxylic acids is 1. The number of aldehydes is 1. The second-order valence-electron chi connectivity index (χ2n) is 3.22.